The zero-order chi connectivity index (χ0) is 19.7. The highest BCUT2D eigenvalue weighted by atomic mass is 16.2. The Kier molecular flexibility index (Phi) is 5.10. The van der Waals surface area contributed by atoms with Gasteiger partial charge in [0.1, 0.15) is 6.04 Å². The smallest absolute Gasteiger partial charge is 0.275 e. The van der Waals surface area contributed by atoms with Gasteiger partial charge in [0.25, 0.3) is 11.5 Å². The summed E-state index contributed by atoms with van der Waals surface area (Å²) < 4.78 is 1.19. The zero-order valence-electron chi connectivity index (χ0n) is 15.6. The first-order valence-corrected chi connectivity index (χ1v) is 9.59. The Hall–Kier alpha value is -2.78. The molecule has 3 N–H and O–H groups in total. The molecule has 0 radical (unpaired) electrons. The van der Waals surface area contributed by atoms with E-state index in [4.69, 9.17) is 5.73 Å². The summed E-state index contributed by atoms with van der Waals surface area (Å²) in [5, 5.41) is 7.76. The van der Waals surface area contributed by atoms with Crippen LogP contribution in [0.25, 0.3) is 10.8 Å². The number of aromatic nitrogens is 2. The molecule has 4 rings (SSSR count). The Morgan fingerprint density at radius 2 is 1.93 bits per heavy atom. The number of anilines is 1. The molecule has 2 aliphatic rings. The molecule has 148 valence electrons. The molecule has 3 heterocycles. The lowest BCUT2D eigenvalue weighted by Gasteiger charge is -2.36. The Morgan fingerprint density at radius 3 is 2.64 bits per heavy atom. The number of amides is 2. The molecule has 1 aromatic carbocycles. The standard InChI is InChI=1S/C19H24N6O3/c20-5-6-23-7-9-24(10-8-23)14-1-2-15-13(11-14)12-21-25(19(15)28)16-3-4-17(26)22-18(16)27/h1-2,11-12,16H,3-10,20H2,(H,22,26,27). The summed E-state index contributed by atoms with van der Waals surface area (Å²) >= 11 is 0. The highest BCUT2D eigenvalue weighted by Crippen LogP contribution is 2.22. The Balaban J connectivity index is 1.58. The van der Waals surface area contributed by atoms with Crippen LogP contribution >= 0.6 is 0 Å². The van der Waals surface area contributed by atoms with Crippen LogP contribution in [0.3, 0.4) is 0 Å². The second-order valence-electron chi connectivity index (χ2n) is 7.25. The van der Waals surface area contributed by atoms with Gasteiger partial charge in [-0.05, 0) is 24.6 Å². The lowest BCUT2D eigenvalue weighted by atomic mass is 10.1. The van der Waals surface area contributed by atoms with Gasteiger partial charge in [-0.2, -0.15) is 5.10 Å². The fraction of sp³-hybridized carbons (Fsp3) is 0.474. The third-order valence-electron chi connectivity index (χ3n) is 5.48. The number of carbonyl (C=O) groups is 2. The number of hydrogen-bond donors (Lipinski definition) is 2. The molecular formula is C19H24N6O3. The van der Waals surface area contributed by atoms with Gasteiger partial charge in [-0.1, -0.05) is 0 Å². The quantitative estimate of drug-likeness (QED) is 0.680. The van der Waals surface area contributed by atoms with E-state index >= 15 is 0 Å². The topological polar surface area (TPSA) is 114 Å². The van der Waals surface area contributed by atoms with E-state index < -0.39 is 11.9 Å². The first-order valence-electron chi connectivity index (χ1n) is 9.59. The number of imide groups is 1. The highest BCUT2D eigenvalue weighted by Gasteiger charge is 2.30. The van der Waals surface area contributed by atoms with Crippen LogP contribution < -0.4 is 21.5 Å². The summed E-state index contributed by atoms with van der Waals surface area (Å²) in [4.78, 5) is 40.9. The fourth-order valence-corrected chi connectivity index (χ4v) is 3.90. The number of fused-ring (bicyclic) bond motifs is 1. The van der Waals surface area contributed by atoms with E-state index in [1.807, 2.05) is 12.1 Å². The van der Waals surface area contributed by atoms with Crippen molar-refractivity contribution in [3.63, 3.8) is 0 Å². The van der Waals surface area contributed by atoms with Crippen molar-refractivity contribution < 1.29 is 9.59 Å². The summed E-state index contributed by atoms with van der Waals surface area (Å²) in [6.45, 7) is 5.32. The number of nitrogens with zero attached hydrogens (tertiary/aromatic N) is 4. The Bertz CT molecular complexity index is 964. The molecule has 0 bridgehead atoms. The second-order valence-corrected chi connectivity index (χ2v) is 7.25. The van der Waals surface area contributed by atoms with Gasteiger partial charge < -0.3 is 10.6 Å². The number of rotatable bonds is 4. The molecule has 1 aromatic heterocycles. The van der Waals surface area contributed by atoms with Gasteiger partial charge in [0.15, 0.2) is 0 Å². The zero-order valence-corrected chi connectivity index (χ0v) is 15.6. The minimum Gasteiger partial charge on any atom is -0.369 e. The first kappa shape index (κ1) is 18.6. The molecule has 9 nitrogen and oxygen atoms in total. The average molecular weight is 384 g/mol. The average Bonchev–Trinajstić information content (AvgIpc) is 2.70. The minimum atomic E-state index is -0.745. The predicted octanol–water partition coefficient (Wildman–Crippen LogP) is -0.545. The number of piperazine rings is 1. The number of carbonyl (C=O) groups excluding carboxylic acids is 2. The van der Waals surface area contributed by atoms with Crippen molar-refractivity contribution in [3.8, 4) is 0 Å². The number of piperidine rings is 1. The maximum Gasteiger partial charge on any atom is 0.275 e. The van der Waals surface area contributed by atoms with Gasteiger partial charge in [0.05, 0.1) is 11.6 Å². The lowest BCUT2D eigenvalue weighted by molar-refractivity contribution is -0.136. The van der Waals surface area contributed by atoms with Crippen LogP contribution in [0.5, 0.6) is 0 Å². The summed E-state index contributed by atoms with van der Waals surface area (Å²) in [6.07, 6.45) is 2.11. The van der Waals surface area contributed by atoms with Crippen molar-refractivity contribution in [2.24, 2.45) is 5.73 Å². The van der Waals surface area contributed by atoms with Crippen LogP contribution in [0.1, 0.15) is 18.9 Å². The van der Waals surface area contributed by atoms with Crippen molar-refractivity contribution in [2.45, 2.75) is 18.9 Å². The van der Waals surface area contributed by atoms with Crippen molar-refractivity contribution in [3.05, 3.63) is 34.7 Å². The normalized spacial score (nSPS) is 21.2. The van der Waals surface area contributed by atoms with Crippen LogP contribution in [0.15, 0.2) is 29.2 Å². The van der Waals surface area contributed by atoms with Crippen molar-refractivity contribution >= 4 is 28.3 Å². The Morgan fingerprint density at radius 1 is 1.14 bits per heavy atom. The van der Waals surface area contributed by atoms with E-state index in [0.29, 0.717) is 11.9 Å². The van der Waals surface area contributed by atoms with Crippen molar-refractivity contribution in [1.29, 1.82) is 0 Å². The third-order valence-corrected chi connectivity index (χ3v) is 5.48. The predicted molar refractivity (Wildman–Crippen MR) is 105 cm³/mol. The molecular weight excluding hydrogens is 360 g/mol. The number of nitrogens with one attached hydrogen (secondary N) is 1. The number of nitrogens with two attached hydrogens (primary N) is 1. The van der Waals surface area contributed by atoms with Crippen LogP contribution in [0, 0.1) is 0 Å². The summed E-state index contributed by atoms with van der Waals surface area (Å²) in [7, 11) is 0. The van der Waals surface area contributed by atoms with E-state index in [1.165, 1.54) is 4.68 Å². The maximum absolute atomic E-state index is 12.9. The van der Waals surface area contributed by atoms with Gasteiger partial charge in [-0.25, -0.2) is 4.68 Å². The lowest BCUT2D eigenvalue weighted by Crippen LogP contribution is -2.47. The van der Waals surface area contributed by atoms with Crippen LogP contribution in [0.4, 0.5) is 5.69 Å². The number of hydrogen-bond acceptors (Lipinski definition) is 7. The second kappa shape index (κ2) is 7.69. The molecule has 28 heavy (non-hydrogen) atoms. The molecule has 2 amide bonds. The van der Waals surface area contributed by atoms with E-state index in [1.54, 1.807) is 12.3 Å². The van der Waals surface area contributed by atoms with Crippen LogP contribution in [-0.4, -0.2) is 65.8 Å². The monoisotopic (exact) mass is 384 g/mol. The molecule has 1 atom stereocenters. The van der Waals surface area contributed by atoms with Gasteiger partial charge >= 0.3 is 0 Å². The molecule has 2 aliphatic heterocycles. The van der Waals surface area contributed by atoms with Gasteiger partial charge in [-0.3, -0.25) is 24.6 Å². The minimum absolute atomic E-state index is 0.206. The maximum atomic E-state index is 12.9. The first-order chi connectivity index (χ1) is 13.6. The van der Waals surface area contributed by atoms with Gasteiger partial charge in [0.2, 0.25) is 5.91 Å². The van der Waals surface area contributed by atoms with Gasteiger partial charge in [-0.15, -0.1) is 0 Å². The third kappa shape index (κ3) is 3.50. The number of benzene rings is 1. The van der Waals surface area contributed by atoms with Gasteiger partial charge in [0, 0.05) is 56.8 Å². The SMILES string of the molecule is NCCN1CCN(c2ccc3c(=O)n(C4CCC(=O)NC4=O)ncc3c2)CC1. The molecule has 2 saturated heterocycles. The van der Waals surface area contributed by atoms with E-state index in [-0.39, 0.29) is 24.3 Å². The molecule has 9 heteroatoms. The molecule has 0 saturated carbocycles. The Labute approximate surface area is 162 Å². The van der Waals surface area contributed by atoms with Crippen LogP contribution in [0.2, 0.25) is 0 Å². The molecule has 0 aliphatic carbocycles. The summed E-state index contributed by atoms with van der Waals surface area (Å²) in [5.41, 5.74) is 6.37. The molecule has 0 spiro atoms. The molecule has 2 fully saturated rings. The largest absolute Gasteiger partial charge is 0.369 e. The van der Waals surface area contributed by atoms with Crippen LogP contribution in [-0.2, 0) is 9.59 Å². The fourth-order valence-electron chi connectivity index (χ4n) is 3.90. The van der Waals surface area contributed by atoms with E-state index in [0.717, 1.165) is 43.8 Å². The summed E-state index contributed by atoms with van der Waals surface area (Å²) in [6, 6.07) is 4.96. The molecule has 1 unspecified atom stereocenters. The van der Waals surface area contributed by atoms with E-state index in [9.17, 15) is 14.4 Å². The molecule has 2 aromatic rings. The van der Waals surface area contributed by atoms with E-state index in [2.05, 4.69) is 20.2 Å². The highest BCUT2D eigenvalue weighted by molar-refractivity contribution is 5.99. The van der Waals surface area contributed by atoms with Crippen molar-refractivity contribution in [1.82, 2.24) is 20.0 Å². The summed E-state index contributed by atoms with van der Waals surface area (Å²) in [5.74, 6) is -0.788. The van der Waals surface area contributed by atoms with Crippen molar-refractivity contribution in [2.75, 3.05) is 44.2 Å².